The fraction of sp³-hybridized carbons (Fsp3) is 0.158. The van der Waals surface area contributed by atoms with Crippen LogP contribution in [0.15, 0.2) is 48.0 Å². The van der Waals surface area contributed by atoms with E-state index >= 15 is 0 Å². The molecule has 1 N–H and O–H groups in total. The van der Waals surface area contributed by atoms with E-state index in [0.717, 1.165) is 5.56 Å². The van der Waals surface area contributed by atoms with Crippen molar-refractivity contribution in [1.82, 2.24) is 5.43 Å². The molecule has 1 heterocycles. The number of hydrogen-bond acceptors (Lipinski definition) is 4. The van der Waals surface area contributed by atoms with E-state index in [9.17, 15) is 9.59 Å². The van der Waals surface area contributed by atoms with E-state index in [-0.39, 0.29) is 5.57 Å². The molecule has 0 unspecified atom stereocenters. The van der Waals surface area contributed by atoms with E-state index in [2.05, 4.69) is 5.43 Å². The summed E-state index contributed by atoms with van der Waals surface area (Å²) in [7, 11) is 3.07. The van der Waals surface area contributed by atoms with E-state index in [1.165, 1.54) is 18.2 Å². The van der Waals surface area contributed by atoms with Gasteiger partial charge in [0.1, 0.15) is 17.1 Å². The molecule has 1 saturated heterocycles. The normalized spacial score (nSPS) is 15.5. The Bertz CT molecular complexity index is 856. The van der Waals surface area contributed by atoms with Gasteiger partial charge in [0.15, 0.2) is 0 Å². The highest BCUT2D eigenvalue weighted by atomic mass is 16.5. The number of carbonyl (C=O) groups excluding carboxylic acids is 2. The monoisotopic (exact) mass is 338 g/mol. The molecule has 2 aromatic rings. The maximum Gasteiger partial charge on any atom is 0.282 e. The fourth-order valence-electron chi connectivity index (χ4n) is 2.54. The number of hydrazine groups is 1. The Morgan fingerprint density at radius 2 is 1.72 bits per heavy atom. The Morgan fingerprint density at radius 1 is 1.00 bits per heavy atom. The number of methoxy groups -OCH3 is 2. The van der Waals surface area contributed by atoms with Crippen molar-refractivity contribution in [2.75, 3.05) is 19.2 Å². The van der Waals surface area contributed by atoms with Gasteiger partial charge < -0.3 is 9.47 Å². The van der Waals surface area contributed by atoms with E-state index in [4.69, 9.17) is 9.47 Å². The molecule has 3 rings (SSSR count). The molecule has 0 atom stereocenters. The Hall–Kier alpha value is -3.28. The number of benzene rings is 2. The smallest absolute Gasteiger partial charge is 0.282 e. The second-order valence-electron chi connectivity index (χ2n) is 5.58. The van der Waals surface area contributed by atoms with Gasteiger partial charge in [0, 0.05) is 5.56 Å². The first-order valence-electron chi connectivity index (χ1n) is 7.69. The van der Waals surface area contributed by atoms with Crippen LogP contribution in [0.1, 0.15) is 11.1 Å². The van der Waals surface area contributed by atoms with Crippen LogP contribution in [0.2, 0.25) is 0 Å². The minimum Gasteiger partial charge on any atom is -0.497 e. The molecule has 128 valence electrons. The van der Waals surface area contributed by atoms with E-state index in [1.807, 2.05) is 19.1 Å². The first kappa shape index (κ1) is 16.6. The number of carbonyl (C=O) groups is 2. The second-order valence-corrected chi connectivity index (χ2v) is 5.58. The first-order valence-corrected chi connectivity index (χ1v) is 7.69. The molecule has 0 aliphatic carbocycles. The van der Waals surface area contributed by atoms with E-state index < -0.39 is 11.8 Å². The van der Waals surface area contributed by atoms with Gasteiger partial charge in [-0.15, -0.1) is 0 Å². The van der Waals surface area contributed by atoms with Gasteiger partial charge in [-0.05, 0) is 43.3 Å². The van der Waals surface area contributed by atoms with Crippen molar-refractivity contribution < 1.29 is 19.1 Å². The van der Waals surface area contributed by atoms with Crippen LogP contribution in [0.3, 0.4) is 0 Å². The fourth-order valence-corrected chi connectivity index (χ4v) is 2.54. The van der Waals surface area contributed by atoms with Crippen LogP contribution in [0.25, 0.3) is 6.08 Å². The number of anilines is 1. The minimum atomic E-state index is -0.463. The predicted molar refractivity (Wildman–Crippen MR) is 94.3 cm³/mol. The quantitative estimate of drug-likeness (QED) is 0.687. The zero-order chi connectivity index (χ0) is 18.0. The van der Waals surface area contributed by atoms with E-state index in [1.54, 1.807) is 37.4 Å². The zero-order valence-electron chi connectivity index (χ0n) is 14.2. The number of rotatable bonds is 4. The summed E-state index contributed by atoms with van der Waals surface area (Å²) in [5.74, 6) is 0.269. The SMILES string of the molecule is COc1ccc(OC)c(/C=C2/C(=O)NN(c3ccc(C)cc3)C2=O)c1. The number of hydrogen-bond donors (Lipinski definition) is 1. The number of amides is 2. The van der Waals surface area contributed by atoms with Crippen molar-refractivity contribution in [2.24, 2.45) is 0 Å². The highest BCUT2D eigenvalue weighted by Crippen LogP contribution is 2.28. The average Bonchev–Trinajstić information content (AvgIpc) is 2.90. The van der Waals surface area contributed by atoms with Crippen LogP contribution in [0.5, 0.6) is 11.5 Å². The minimum absolute atomic E-state index is 0.0344. The summed E-state index contributed by atoms with van der Waals surface area (Å²) >= 11 is 0. The lowest BCUT2D eigenvalue weighted by Crippen LogP contribution is -2.35. The number of nitrogens with zero attached hydrogens (tertiary/aromatic N) is 1. The van der Waals surface area contributed by atoms with Gasteiger partial charge in [-0.3, -0.25) is 15.0 Å². The Labute approximate surface area is 145 Å². The molecule has 0 radical (unpaired) electrons. The molecule has 2 aromatic carbocycles. The lowest BCUT2D eigenvalue weighted by Gasteiger charge is -2.14. The van der Waals surface area contributed by atoms with Gasteiger partial charge in [-0.1, -0.05) is 17.7 Å². The standard InChI is InChI=1S/C19H18N2O4/c1-12-4-6-14(7-5-12)21-19(23)16(18(22)20-21)11-13-10-15(24-2)8-9-17(13)25-3/h4-11H,1-3H3,(H,20,22)/b16-11-. The van der Waals surface area contributed by atoms with Crippen molar-refractivity contribution in [3.8, 4) is 11.5 Å². The third-order valence-corrected chi connectivity index (χ3v) is 3.92. The van der Waals surface area contributed by atoms with Gasteiger partial charge in [0.2, 0.25) is 0 Å². The predicted octanol–water partition coefficient (Wildman–Crippen LogP) is 2.47. The number of aryl methyl sites for hydroxylation is 1. The van der Waals surface area contributed by atoms with Crippen LogP contribution in [-0.4, -0.2) is 26.0 Å². The molecule has 1 fully saturated rings. The molecule has 25 heavy (non-hydrogen) atoms. The summed E-state index contributed by atoms with van der Waals surface area (Å²) in [5, 5.41) is 1.24. The number of nitrogens with one attached hydrogen (secondary N) is 1. The number of ether oxygens (including phenoxy) is 2. The molecule has 0 aromatic heterocycles. The van der Waals surface area contributed by atoms with Crippen LogP contribution in [-0.2, 0) is 9.59 Å². The van der Waals surface area contributed by atoms with Gasteiger partial charge in [0.05, 0.1) is 19.9 Å². The summed E-state index contributed by atoms with van der Waals surface area (Å²) in [6, 6.07) is 12.5. The van der Waals surface area contributed by atoms with Gasteiger partial charge in [-0.25, -0.2) is 5.01 Å². The average molecular weight is 338 g/mol. The summed E-state index contributed by atoms with van der Waals surface area (Å²) in [6.45, 7) is 1.95. The van der Waals surface area contributed by atoms with Gasteiger partial charge in [0.25, 0.3) is 11.8 Å². The summed E-state index contributed by atoms with van der Waals surface area (Å²) < 4.78 is 10.5. The van der Waals surface area contributed by atoms with E-state index in [0.29, 0.717) is 22.7 Å². The first-order chi connectivity index (χ1) is 12.0. The summed E-state index contributed by atoms with van der Waals surface area (Å²) in [4.78, 5) is 24.9. The second kappa shape index (κ2) is 6.68. The molecule has 1 aliphatic rings. The maximum absolute atomic E-state index is 12.7. The van der Waals surface area contributed by atoms with Gasteiger partial charge in [-0.2, -0.15) is 0 Å². The molecule has 6 heteroatoms. The lowest BCUT2D eigenvalue weighted by molar-refractivity contribution is -0.117. The molecule has 2 amide bonds. The molecule has 6 nitrogen and oxygen atoms in total. The Kier molecular flexibility index (Phi) is 4.43. The molecular formula is C19H18N2O4. The van der Waals surface area contributed by atoms with Crippen LogP contribution in [0.4, 0.5) is 5.69 Å². The summed E-state index contributed by atoms with van der Waals surface area (Å²) in [5.41, 5.74) is 4.87. The molecular weight excluding hydrogens is 320 g/mol. The van der Waals surface area contributed by atoms with Crippen LogP contribution in [0, 0.1) is 6.92 Å². The molecule has 1 aliphatic heterocycles. The molecule has 0 saturated carbocycles. The van der Waals surface area contributed by atoms with Crippen molar-refractivity contribution in [3.63, 3.8) is 0 Å². The van der Waals surface area contributed by atoms with Crippen molar-refractivity contribution in [3.05, 3.63) is 59.2 Å². The van der Waals surface area contributed by atoms with Crippen molar-refractivity contribution >= 4 is 23.6 Å². The molecule has 0 bridgehead atoms. The summed E-state index contributed by atoms with van der Waals surface area (Å²) in [6.07, 6.45) is 1.51. The third-order valence-electron chi connectivity index (χ3n) is 3.92. The van der Waals surface area contributed by atoms with Gasteiger partial charge >= 0.3 is 0 Å². The Balaban J connectivity index is 1.97. The Morgan fingerprint density at radius 3 is 2.36 bits per heavy atom. The highest BCUT2D eigenvalue weighted by molar-refractivity contribution is 6.31. The lowest BCUT2D eigenvalue weighted by atomic mass is 10.1. The van der Waals surface area contributed by atoms with Crippen molar-refractivity contribution in [2.45, 2.75) is 6.92 Å². The molecule has 0 spiro atoms. The topological polar surface area (TPSA) is 67.9 Å². The van der Waals surface area contributed by atoms with Crippen LogP contribution < -0.4 is 19.9 Å². The van der Waals surface area contributed by atoms with Crippen LogP contribution >= 0.6 is 0 Å². The zero-order valence-corrected chi connectivity index (χ0v) is 14.2. The maximum atomic E-state index is 12.7. The van der Waals surface area contributed by atoms with Crippen molar-refractivity contribution in [1.29, 1.82) is 0 Å². The largest absolute Gasteiger partial charge is 0.497 e. The highest BCUT2D eigenvalue weighted by Gasteiger charge is 2.34. The third kappa shape index (κ3) is 3.19.